The minimum atomic E-state index is -4.52. The summed E-state index contributed by atoms with van der Waals surface area (Å²) in [6, 6.07) is 11.8. The number of hydrogen-bond donors (Lipinski definition) is 3. The molecule has 3 aromatic rings. The topological polar surface area (TPSA) is 238 Å². The molecular formula is C46H62N3O15S3+. The summed E-state index contributed by atoms with van der Waals surface area (Å²) in [5, 5.41) is 19.5. The molecule has 0 aliphatic carbocycles. The summed E-state index contributed by atoms with van der Waals surface area (Å²) >= 11 is 0. The summed E-state index contributed by atoms with van der Waals surface area (Å²) in [5.41, 5.74) is 2.97. The fourth-order valence-electron chi connectivity index (χ4n) is 8.73. The number of fused-ring (bicyclic) bond motifs is 2. The Bertz CT molecular complexity index is 2710. The molecule has 2 atom stereocenters. The standard InChI is InChI=1S/C46H61N3O15S3/c1-45(25-15-31-65(53,54)62-5)37-33-35(67(58,59)63-6)20-22-39(37)48(28-30-61-4)40(45)16-11-10-12-17-41-46(2,26-29-60-3)36-32-34(66(55,56)57)19-21-38(36)47(41)27-14-9-7-8-13-18-44(52)64-49-42(50)23-24-43(49)51/h10-12,16-17,19-24,32-33H,7-9,13-15,18,25-31H2,1-6H3,(H2-,50,51,55,56,57)/p+1. The Morgan fingerprint density at radius 2 is 1.39 bits per heavy atom. The van der Waals surface area contributed by atoms with E-state index < -0.39 is 58.9 Å². The first-order valence-electron chi connectivity index (χ1n) is 21.8. The number of hydrogen-bond acceptors (Lipinski definition) is 15. The molecule has 3 heterocycles. The monoisotopic (exact) mass is 992 g/mol. The van der Waals surface area contributed by atoms with Crippen LogP contribution in [0.15, 0.2) is 94.4 Å². The molecule has 0 amide bonds. The second kappa shape index (κ2) is 22.5. The minimum absolute atomic E-state index is 0.0358. The van der Waals surface area contributed by atoms with E-state index in [9.17, 15) is 44.8 Å². The molecule has 2 aliphatic rings. The van der Waals surface area contributed by atoms with Gasteiger partial charge in [-0.2, -0.15) is 29.8 Å². The summed E-state index contributed by atoms with van der Waals surface area (Å²) in [4.78, 5) is 19.2. The van der Waals surface area contributed by atoms with Gasteiger partial charge in [0.25, 0.3) is 30.4 Å². The molecule has 0 saturated carbocycles. The third-order valence-electron chi connectivity index (χ3n) is 12.4. The van der Waals surface area contributed by atoms with Crippen molar-refractivity contribution in [1.82, 2.24) is 4.73 Å². The van der Waals surface area contributed by atoms with Crippen molar-refractivity contribution in [3.05, 3.63) is 95.7 Å². The summed E-state index contributed by atoms with van der Waals surface area (Å²) in [6.07, 6.45) is 14.2. The quantitative estimate of drug-likeness (QED) is 0.0273. The van der Waals surface area contributed by atoms with Crippen LogP contribution in [0.2, 0.25) is 0 Å². The van der Waals surface area contributed by atoms with Crippen LogP contribution in [0, 0.1) is 0 Å². The molecule has 0 fully saturated rings. The van der Waals surface area contributed by atoms with E-state index in [4.69, 9.17) is 22.7 Å². The second-order valence-electron chi connectivity index (χ2n) is 16.7. The number of benzene rings is 2. The van der Waals surface area contributed by atoms with E-state index in [1.165, 1.54) is 30.3 Å². The molecule has 3 N–H and O–H groups in total. The van der Waals surface area contributed by atoms with Gasteiger partial charge in [0.1, 0.15) is 6.61 Å². The zero-order valence-corrected chi connectivity index (χ0v) is 41.2. The fraction of sp³-hybridized carbons (Fsp3) is 0.478. The van der Waals surface area contributed by atoms with Crippen molar-refractivity contribution in [3.63, 3.8) is 0 Å². The molecule has 2 unspecified atom stereocenters. The molecule has 0 saturated heterocycles. The van der Waals surface area contributed by atoms with Gasteiger partial charge in [-0.05, 0) is 87.9 Å². The molecule has 0 spiro atoms. The van der Waals surface area contributed by atoms with Crippen LogP contribution >= 0.6 is 0 Å². The van der Waals surface area contributed by atoms with Crippen molar-refractivity contribution in [3.8, 4) is 11.8 Å². The highest BCUT2D eigenvalue weighted by atomic mass is 32.2. The number of carbonyl (C=O) groups is 1. The maximum absolute atomic E-state index is 12.9. The molecule has 21 heteroatoms. The smallest absolute Gasteiger partial charge is 0.333 e. The number of nitrogens with zero attached hydrogens (tertiary/aromatic N) is 3. The van der Waals surface area contributed by atoms with Crippen molar-refractivity contribution in [2.24, 2.45) is 0 Å². The van der Waals surface area contributed by atoms with E-state index in [0.29, 0.717) is 61.4 Å². The molecule has 0 radical (unpaired) electrons. The van der Waals surface area contributed by atoms with Crippen molar-refractivity contribution >= 4 is 53.4 Å². The highest BCUT2D eigenvalue weighted by molar-refractivity contribution is 7.87. The van der Waals surface area contributed by atoms with Crippen LogP contribution in [0.3, 0.4) is 0 Å². The number of methoxy groups -OCH3 is 2. The molecule has 1 aromatic heterocycles. The molecule has 67 heavy (non-hydrogen) atoms. The third kappa shape index (κ3) is 12.4. The molecule has 2 aliphatic heterocycles. The van der Waals surface area contributed by atoms with Crippen molar-refractivity contribution < 1.29 is 72.1 Å². The summed E-state index contributed by atoms with van der Waals surface area (Å²) in [6.45, 7) is 5.61. The fourth-order valence-corrected chi connectivity index (χ4v) is 10.6. The normalized spacial score (nSPS) is 19.3. The Morgan fingerprint density at radius 3 is 2.04 bits per heavy atom. The maximum atomic E-state index is 12.9. The van der Waals surface area contributed by atoms with Crippen LogP contribution in [-0.2, 0) is 63.8 Å². The summed E-state index contributed by atoms with van der Waals surface area (Å²) < 4.78 is 109. The number of allylic oxidation sites excluding steroid dienone is 6. The van der Waals surface area contributed by atoms with Gasteiger partial charge < -0.3 is 29.4 Å². The number of rotatable bonds is 26. The van der Waals surface area contributed by atoms with E-state index in [1.807, 2.05) is 48.8 Å². The average Bonchev–Trinajstić information content (AvgIpc) is 3.82. The molecule has 0 bridgehead atoms. The SMILES string of the molecule is COCC[N+]1=C(C=CC=CC=C2N(CCCCCCCC(=O)On3c(O)ccc3O)c3ccc(S(=O)(=O)O)cc3C2(C)CCOC)C(C)(CCCS(=O)(=O)OC)c2cc(S(=O)(=O)OC)ccc21. The Morgan fingerprint density at radius 1 is 0.731 bits per heavy atom. The number of ether oxygens (including phenoxy) is 2. The molecule has 18 nitrogen and oxygen atoms in total. The van der Waals surface area contributed by atoms with E-state index in [2.05, 4.69) is 4.90 Å². The van der Waals surface area contributed by atoms with Gasteiger partial charge in [0.05, 0.1) is 35.2 Å². The molecule has 368 valence electrons. The molecule has 5 rings (SSSR count). The summed E-state index contributed by atoms with van der Waals surface area (Å²) in [5.74, 6) is -1.62. The van der Waals surface area contributed by atoms with E-state index in [1.54, 1.807) is 32.4 Å². The van der Waals surface area contributed by atoms with Crippen molar-refractivity contribution in [1.29, 1.82) is 0 Å². The van der Waals surface area contributed by atoms with Crippen LogP contribution in [0.5, 0.6) is 11.8 Å². The lowest BCUT2D eigenvalue weighted by Gasteiger charge is -2.30. The predicted molar refractivity (Wildman–Crippen MR) is 251 cm³/mol. The lowest BCUT2D eigenvalue weighted by molar-refractivity contribution is -0.441. The number of unbranched alkanes of at least 4 members (excludes halogenated alkanes) is 4. The van der Waals surface area contributed by atoms with Crippen LogP contribution in [-0.4, -0.2) is 122 Å². The van der Waals surface area contributed by atoms with Crippen LogP contribution in [0.25, 0.3) is 0 Å². The third-order valence-corrected chi connectivity index (χ3v) is 15.8. The Kier molecular flexibility index (Phi) is 17.8. The highest BCUT2D eigenvalue weighted by Gasteiger charge is 2.48. The van der Waals surface area contributed by atoms with Crippen molar-refractivity contribution in [2.45, 2.75) is 92.3 Å². The number of aromatic nitrogens is 1. The average molecular weight is 993 g/mol. The number of carbonyl (C=O) groups excluding carboxylic acids is 1. The van der Waals surface area contributed by atoms with Gasteiger partial charge in [-0.1, -0.05) is 37.5 Å². The first kappa shape index (κ1) is 53.1. The first-order valence-corrected chi connectivity index (χ1v) is 26.2. The first-order chi connectivity index (χ1) is 31.7. The van der Waals surface area contributed by atoms with Crippen LogP contribution < -0.4 is 9.74 Å². The number of anilines is 1. The van der Waals surface area contributed by atoms with Crippen molar-refractivity contribution in [2.75, 3.05) is 65.4 Å². The minimum Gasteiger partial charge on any atom is -0.492 e. The molecule has 2 aromatic carbocycles. The lowest BCUT2D eigenvalue weighted by Crippen LogP contribution is -2.32. The Hall–Kier alpha value is -4.87. The maximum Gasteiger partial charge on any atom is 0.333 e. The van der Waals surface area contributed by atoms with E-state index >= 15 is 0 Å². The van der Waals surface area contributed by atoms with Gasteiger partial charge >= 0.3 is 5.97 Å². The van der Waals surface area contributed by atoms with Gasteiger partial charge in [-0.15, -0.1) is 4.73 Å². The zero-order chi connectivity index (χ0) is 49.2. The molecular weight excluding hydrogens is 931 g/mol. The largest absolute Gasteiger partial charge is 0.492 e. The van der Waals surface area contributed by atoms with Crippen LogP contribution in [0.4, 0.5) is 11.4 Å². The Labute approximate surface area is 393 Å². The highest BCUT2D eigenvalue weighted by Crippen LogP contribution is 2.51. The van der Waals surface area contributed by atoms with E-state index in [0.717, 1.165) is 62.7 Å². The lowest BCUT2D eigenvalue weighted by atomic mass is 9.76. The van der Waals surface area contributed by atoms with Gasteiger partial charge in [0.2, 0.25) is 17.4 Å². The van der Waals surface area contributed by atoms with Gasteiger partial charge in [0, 0.05) is 80.4 Å². The van der Waals surface area contributed by atoms with Gasteiger partial charge in [-0.3, -0.25) is 12.9 Å². The second-order valence-corrected chi connectivity index (χ2v) is 21.7. The Balaban J connectivity index is 1.44. The number of aromatic hydroxyl groups is 2. The van der Waals surface area contributed by atoms with Gasteiger partial charge in [-0.25, -0.2) is 4.79 Å². The zero-order valence-electron chi connectivity index (χ0n) is 38.7. The summed E-state index contributed by atoms with van der Waals surface area (Å²) in [7, 11) is -7.00. The predicted octanol–water partition coefficient (Wildman–Crippen LogP) is 6.05. The van der Waals surface area contributed by atoms with Gasteiger partial charge in [0.15, 0.2) is 12.3 Å². The van der Waals surface area contributed by atoms with Crippen LogP contribution in [0.1, 0.15) is 82.8 Å². The van der Waals surface area contributed by atoms with E-state index in [-0.39, 0.29) is 28.4 Å².